The summed E-state index contributed by atoms with van der Waals surface area (Å²) >= 11 is 0. The third kappa shape index (κ3) is 8.10. The van der Waals surface area contributed by atoms with E-state index in [-0.39, 0.29) is 18.1 Å². The topological polar surface area (TPSA) is 72.5 Å². The van der Waals surface area contributed by atoms with Crippen LogP contribution < -0.4 is 17.0 Å². The number of unbranched alkanes of at least 4 members (excludes halogenated alkanes) is 9. The van der Waals surface area contributed by atoms with Crippen molar-refractivity contribution in [1.82, 2.24) is 8.28 Å². The van der Waals surface area contributed by atoms with E-state index in [2.05, 4.69) is 6.92 Å². The molecule has 2 aromatic rings. The molecule has 0 unspecified atom stereocenters. The summed E-state index contributed by atoms with van der Waals surface area (Å²) in [5.41, 5.74) is 0.724. The van der Waals surface area contributed by atoms with Gasteiger partial charge in [0.1, 0.15) is 6.20 Å². The Morgan fingerprint density at radius 1 is 0.941 bits per heavy atom. The summed E-state index contributed by atoms with van der Waals surface area (Å²) in [4.78, 5) is 12.5. The zero-order valence-electron chi connectivity index (χ0n) is 21.0. The highest BCUT2D eigenvalue weighted by molar-refractivity contribution is 7.87. The number of imidazole rings is 1. The van der Waals surface area contributed by atoms with Gasteiger partial charge >= 0.3 is 22.0 Å². The lowest BCUT2D eigenvalue weighted by Crippen LogP contribution is -3.00. The molecule has 0 amide bonds. The van der Waals surface area contributed by atoms with Crippen molar-refractivity contribution in [2.75, 3.05) is 21.2 Å². The maximum absolute atomic E-state index is 13.2. The van der Waals surface area contributed by atoms with Gasteiger partial charge in [0.15, 0.2) is 0 Å². The lowest BCUT2D eigenvalue weighted by atomic mass is 10.1. The van der Waals surface area contributed by atoms with E-state index >= 15 is 0 Å². The maximum Gasteiger partial charge on any atom is 0.383 e. The molecule has 0 aliphatic carbocycles. The Kier molecular flexibility index (Phi) is 13.4. The molecule has 1 heterocycles. The van der Waals surface area contributed by atoms with E-state index in [1.54, 1.807) is 6.20 Å². The van der Waals surface area contributed by atoms with Crippen LogP contribution in [0.5, 0.6) is 0 Å². The van der Waals surface area contributed by atoms with E-state index in [1.165, 1.54) is 66.2 Å². The van der Waals surface area contributed by atoms with Gasteiger partial charge in [-0.05, 0) is 25.0 Å². The largest absolute Gasteiger partial charge is 1.00 e. The van der Waals surface area contributed by atoms with E-state index < -0.39 is 16.2 Å². The number of carbonyl (C=O) groups excluding carboxylic acids is 1. The first-order valence-corrected chi connectivity index (χ1v) is 13.5. The summed E-state index contributed by atoms with van der Waals surface area (Å²) in [6.07, 6.45) is 13.8. The Morgan fingerprint density at radius 3 is 1.97 bits per heavy atom. The summed E-state index contributed by atoms with van der Waals surface area (Å²) < 4.78 is 35.4. The molecule has 0 fully saturated rings. The average Bonchev–Trinajstić information content (AvgIpc) is 3.20. The van der Waals surface area contributed by atoms with Crippen molar-refractivity contribution in [1.29, 1.82) is 0 Å². The number of hydrogen-bond donors (Lipinski definition) is 0. The van der Waals surface area contributed by atoms with Crippen molar-refractivity contribution in [2.45, 2.75) is 77.7 Å². The van der Waals surface area contributed by atoms with Gasteiger partial charge < -0.3 is 17.1 Å². The number of rotatable bonds is 15. The smallest absolute Gasteiger partial charge is 0.383 e. The molecule has 0 radical (unpaired) electrons. The predicted molar refractivity (Wildman–Crippen MR) is 131 cm³/mol. The lowest BCUT2D eigenvalue weighted by Gasteiger charge is -2.11. The number of aryl methyl sites for hydroxylation is 1. The molecule has 1 aromatic carbocycles. The molecule has 0 saturated heterocycles. The van der Waals surface area contributed by atoms with Gasteiger partial charge in [0.25, 0.3) is 5.69 Å². The van der Waals surface area contributed by atoms with Crippen LogP contribution in [-0.2, 0) is 21.5 Å². The molecule has 192 valence electrons. The van der Waals surface area contributed by atoms with Crippen LogP contribution >= 0.6 is 0 Å². The fraction of sp³-hybridized carbons (Fsp3) is 0.600. The molecule has 2 rings (SSSR count). The molecule has 0 atom stereocenters. The number of carbonyl (C=O) groups is 1. The normalized spacial score (nSPS) is 11.4. The lowest BCUT2D eigenvalue weighted by molar-refractivity contribution is -0.685. The molecule has 9 heteroatoms. The van der Waals surface area contributed by atoms with Gasteiger partial charge in [0.05, 0.1) is 19.2 Å². The molecule has 0 spiro atoms. The van der Waals surface area contributed by atoms with E-state index in [0.717, 1.165) is 33.1 Å². The van der Waals surface area contributed by atoms with Crippen LogP contribution in [0.1, 0.15) is 81.6 Å². The minimum Gasteiger partial charge on any atom is -1.00 e. The monoisotopic (exact) mass is 513 g/mol. The molecule has 0 bridgehead atoms. The zero-order chi connectivity index (χ0) is 24.3. The van der Waals surface area contributed by atoms with Crippen molar-refractivity contribution in [3.05, 3.63) is 42.2 Å². The Balaban J connectivity index is 0.00000578. The number of nitrogens with zero attached hydrogens (tertiary/aromatic N) is 3. The number of halogens is 1. The van der Waals surface area contributed by atoms with Gasteiger partial charge in [0, 0.05) is 14.1 Å². The molecule has 34 heavy (non-hydrogen) atoms. The van der Waals surface area contributed by atoms with Gasteiger partial charge in [0.2, 0.25) is 0 Å². The number of benzene rings is 1. The second kappa shape index (κ2) is 15.2. The molecule has 0 saturated carbocycles. The van der Waals surface area contributed by atoms with Gasteiger partial charge in [-0.3, -0.25) is 0 Å². The first-order valence-electron chi connectivity index (χ1n) is 12.1. The third-order valence-corrected chi connectivity index (χ3v) is 7.59. The minimum absolute atomic E-state index is 0. The zero-order valence-corrected chi connectivity index (χ0v) is 22.6. The summed E-state index contributed by atoms with van der Waals surface area (Å²) in [6.45, 7) is 2.86. The van der Waals surface area contributed by atoms with Crippen LogP contribution in [0.15, 0.2) is 36.5 Å². The van der Waals surface area contributed by atoms with Crippen LogP contribution in [0.2, 0.25) is 0 Å². The fourth-order valence-corrected chi connectivity index (χ4v) is 5.06. The fourth-order valence-electron chi connectivity index (χ4n) is 3.94. The van der Waals surface area contributed by atoms with Crippen molar-refractivity contribution in [2.24, 2.45) is 0 Å². The first kappa shape index (κ1) is 30.1. The van der Waals surface area contributed by atoms with E-state index in [9.17, 15) is 13.2 Å². The molecule has 0 aliphatic heterocycles. The molecular formula is C25H40ClN3O4S. The Hall–Kier alpha value is -1.90. The predicted octanol–water partition coefficient (Wildman–Crippen LogP) is 1.81. The van der Waals surface area contributed by atoms with Gasteiger partial charge in [-0.25, -0.2) is 9.36 Å². The number of esters is 1. The quantitative estimate of drug-likeness (QED) is 0.207. The summed E-state index contributed by atoms with van der Waals surface area (Å²) in [6, 6.07) is 9.31. The molecule has 7 nitrogen and oxygen atoms in total. The maximum atomic E-state index is 13.2. The number of hydrogen-bond acceptors (Lipinski definition) is 4. The van der Waals surface area contributed by atoms with Crippen molar-refractivity contribution in [3.8, 4) is 11.4 Å². The highest BCUT2D eigenvalue weighted by Gasteiger charge is 2.38. The number of aromatic nitrogens is 2. The standard InChI is InChI=1S/C25H40N3O4S.ClH/c1-5-6-7-8-9-10-11-12-13-17-20-27-21-23(25(29)32-4)28(33(30,31)26(2)3)24(27)22-18-15-14-16-19-22;/h14-16,18-19,21H,5-13,17,20H2,1-4H3;1H/q+1;/p-1. The second-order valence-electron chi connectivity index (χ2n) is 8.63. The number of ether oxygens (including phenoxy) is 1. The Bertz CT molecular complexity index is 976. The van der Waals surface area contributed by atoms with E-state index in [0.29, 0.717) is 12.4 Å². The van der Waals surface area contributed by atoms with Gasteiger partial charge in [-0.15, -0.1) is 0 Å². The minimum atomic E-state index is -3.94. The average molecular weight is 514 g/mol. The van der Waals surface area contributed by atoms with E-state index in [4.69, 9.17) is 4.74 Å². The number of methoxy groups -OCH3 is 1. The van der Waals surface area contributed by atoms with Crippen LogP contribution in [0.25, 0.3) is 11.4 Å². The molecule has 1 aromatic heterocycles. The van der Waals surface area contributed by atoms with Crippen molar-refractivity contribution >= 4 is 16.2 Å². The summed E-state index contributed by atoms with van der Waals surface area (Å²) in [7, 11) is 0.228. The second-order valence-corrected chi connectivity index (χ2v) is 10.6. The molecular weight excluding hydrogens is 474 g/mol. The Morgan fingerprint density at radius 2 is 1.47 bits per heavy atom. The SMILES string of the molecule is CCCCCCCCCCCC[n+]1cc(C(=O)OC)n(S(=O)(=O)N(C)C)c1-c1ccccc1.[Cl-]. The first-order chi connectivity index (χ1) is 15.8. The van der Waals surface area contributed by atoms with E-state index in [1.807, 2.05) is 34.9 Å². The highest BCUT2D eigenvalue weighted by atomic mass is 35.5. The molecule has 0 aliphatic rings. The van der Waals surface area contributed by atoms with Gasteiger partial charge in [-0.2, -0.15) is 12.7 Å². The molecule has 0 N–H and O–H groups in total. The Labute approximate surface area is 211 Å². The highest BCUT2D eigenvalue weighted by Crippen LogP contribution is 2.22. The third-order valence-electron chi connectivity index (χ3n) is 5.83. The summed E-state index contributed by atoms with van der Waals surface area (Å²) in [5.74, 6) is -0.222. The van der Waals surface area contributed by atoms with Crippen LogP contribution in [0.3, 0.4) is 0 Å². The van der Waals surface area contributed by atoms with Crippen molar-refractivity contribution < 1.29 is 34.9 Å². The van der Waals surface area contributed by atoms with Crippen LogP contribution in [0.4, 0.5) is 0 Å². The van der Waals surface area contributed by atoms with Crippen LogP contribution in [-0.4, -0.2) is 43.9 Å². The summed E-state index contributed by atoms with van der Waals surface area (Å²) in [5, 5.41) is 0. The van der Waals surface area contributed by atoms with Crippen LogP contribution in [0, 0.1) is 0 Å². The van der Waals surface area contributed by atoms with Crippen molar-refractivity contribution in [3.63, 3.8) is 0 Å². The van der Waals surface area contributed by atoms with Gasteiger partial charge in [-0.1, -0.05) is 80.5 Å².